The normalized spacial score (nSPS) is 14.4. The van der Waals surface area contributed by atoms with Crippen LogP contribution in [0, 0.1) is 5.92 Å². The molecule has 3 aromatic rings. The fourth-order valence-electron chi connectivity index (χ4n) is 8.82. The highest BCUT2D eigenvalue weighted by molar-refractivity contribution is 7.98. The molecule has 0 spiro atoms. The number of aliphatic imine (C=N–C) groups is 1. The summed E-state index contributed by atoms with van der Waals surface area (Å²) in [5, 5.41) is 59.8. The van der Waals surface area contributed by atoms with E-state index in [1.165, 1.54) is 48.6 Å². The maximum atomic E-state index is 14.6. The number of carboxylic acids is 3. The van der Waals surface area contributed by atoms with E-state index in [0.29, 0.717) is 35.4 Å². The number of aromatic amines is 1. The molecule has 21 N–H and O–H groups in total. The van der Waals surface area contributed by atoms with Gasteiger partial charge in [0.1, 0.15) is 54.1 Å². The van der Waals surface area contributed by atoms with Crippen molar-refractivity contribution in [3.05, 3.63) is 83.9 Å². The monoisotopic (exact) mass is 1250 g/mol. The lowest BCUT2D eigenvalue weighted by molar-refractivity contribution is -0.144. The van der Waals surface area contributed by atoms with E-state index in [2.05, 4.69) is 57.5 Å². The van der Waals surface area contributed by atoms with Gasteiger partial charge < -0.3 is 90.9 Å². The number of imidazole rings is 1. The van der Waals surface area contributed by atoms with E-state index in [4.69, 9.17) is 22.9 Å². The number of rotatable bonds is 42. The molecule has 0 unspecified atom stereocenters. The maximum Gasteiger partial charge on any atom is 0.326 e. The van der Waals surface area contributed by atoms with Crippen LogP contribution in [0.15, 0.2) is 72.1 Å². The van der Waals surface area contributed by atoms with E-state index in [9.17, 15) is 73.2 Å². The zero-order chi connectivity index (χ0) is 65.3. The fourth-order valence-corrected chi connectivity index (χ4v) is 9.29. The van der Waals surface area contributed by atoms with Gasteiger partial charge in [-0.05, 0) is 99.1 Å². The quantitative estimate of drug-likeness (QED) is 0.0168. The van der Waals surface area contributed by atoms with Crippen LogP contribution in [0.3, 0.4) is 0 Å². The Bertz CT molecular complexity index is 2790. The lowest BCUT2D eigenvalue weighted by Gasteiger charge is -2.28. The summed E-state index contributed by atoms with van der Waals surface area (Å²) in [7, 11) is 0. The Kier molecular flexibility index (Phi) is 32.6. The molecule has 1 aromatic heterocycles. The predicted octanol–water partition coefficient (Wildman–Crippen LogP) is -1.86. The number of phenolic OH excluding ortho intramolecular Hbond substituents is 1. The molecule has 88 heavy (non-hydrogen) atoms. The highest BCUT2D eigenvalue weighted by Gasteiger charge is 2.36. The predicted molar refractivity (Wildman–Crippen MR) is 324 cm³/mol. The number of carboxylic acid groups (broad SMARTS) is 3. The molecule has 1 heterocycles. The van der Waals surface area contributed by atoms with E-state index < -0.39 is 151 Å². The number of nitrogens with two attached hydrogens (primary N) is 4. The van der Waals surface area contributed by atoms with Gasteiger partial charge in [0.15, 0.2) is 5.96 Å². The summed E-state index contributed by atoms with van der Waals surface area (Å²) in [5.41, 5.74) is 24.5. The Morgan fingerprint density at radius 2 is 1.02 bits per heavy atom. The topological polar surface area (TPSA) is 510 Å². The van der Waals surface area contributed by atoms with Crippen LogP contribution >= 0.6 is 11.8 Å². The van der Waals surface area contributed by atoms with Crippen LogP contribution in [0.25, 0.3) is 0 Å². The fraction of sp³-hybridized carbons (Fsp3) is 0.526. The van der Waals surface area contributed by atoms with Gasteiger partial charge in [0.2, 0.25) is 47.3 Å². The summed E-state index contributed by atoms with van der Waals surface area (Å²) in [5.74, 6) is -12.0. The number of H-pyrrole nitrogens is 1. The molecule has 0 aliphatic rings. The van der Waals surface area contributed by atoms with E-state index in [0.717, 1.165) is 0 Å². The summed E-state index contributed by atoms with van der Waals surface area (Å²) in [6.07, 6.45) is 2.54. The molecule has 31 heteroatoms. The Balaban J connectivity index is 2.01. The number of nitrogens with one attached hydrogen (secondary N) is 9. The first kappa shape index (κ1) is 73.4. The molecule has 484 valence electrons. The van der Waals surface area contributed by atoms with Crippen molar-refractivity contribution in [3.8, 4) is 5.75 Å². The van der Waals surface area contributed by atoms with Crippen LogP contribution in [0.2, 0.25) is 0 Å². The van der Waals surface area contributed by atoms with Gasteiger partial charge in [-0.15, -0.1) is 0 Å². The minimum Gasteiger partial charge on any atom is -0.508 e. The van der Waals surface area contributed by atoms with Crippen molar-refractivity contribution in [1.82, 2.24) is 52.5 Å². The Labute approximate surface area is 513 Å². The zero-order valence-electron chi connectivity index (χ0n) is 49.5. The molecule has 10 atom stereocenters. The van der Waals surface area contributed by atoms with Crippen molar-refractivity contribution in [2.45, 2.75) is 158 Å². The second-order valence-corrected chi connectivity index (χ2v) is 22.0. The third-order valence-electron chi connectivity index (χ3n) is 14.0. The van der Waals surface area contributed by atoms with Gasteiger partial charge >= 0.3 is 17.9 Å². The molecule has 0 radical (unpaired) electrons. The molecular formula is C57H85N15O15S. The van der Waals surface area contributed by atoms with Crippen molar-refractivity contribution < 1.29 is 73.2 Å². The van der Waals surface area contributed by atoms with Gasteiger partial charge in [0.05, 0.1) is 12.4 Å². The van der Waals surface area contributed by atoms with Crippen molar-refractivity contribution in [1.29, 1.82) is 0 Å². The number of hydrogen-bond acceptors (Lipinski definition) is 17. The maximum absolute atomic E-state index is 14.6. The minimum absolute atomic E-state index is 0.00219. The molecular weight excluding hydrogens is 1170 g/mol. The second-order valence-electron chi connectivity index (χ2n) is 21.0. The number of hydrogen-bond donors (Lipinski definition) is 17. The number of benzene rings is 2. The third-order valence-corrected chi connectivity index (χ3v) is 14.6. The number of aromatic hydroxyl groups is 1. The average Bonchev–Trinajstić information content (AvgIpc) is 4.07. The molecule has 3 rings (SSSR count). The van der Waals surface area contributed by atoms with E-state index >= 15 is 0 Å². The number of aliphatic carboxylic acids is 3. The number of aromatic nitrogens is 2. The smallest absolute Gasteiger partial charge is 0.326 e. The summed E-state index contributed by atoms with van der Waals surface area (Å²) in [6, 6.07) is 0.813. The molecule has 0 saturated carbocycles. The highest BCUT2D eigenvalue weighted by Crippen LogP contribution is 2.15. The van der Waals surface area contributed by atoms with Gasteiger partial charge in [-0.2, -0.15) is 11.8 Å². The number of unbranched alkanes of at least 4 members (excludes halogenated alkanes) is 1. The Morgan fingerprint density at radius 1 is 0.580 bits per heavy atom. The van der Waals surface area contributed by atoms with E-state index in [-0.39, 0.29) is 76.2 Å². The molecule has 0 saturated heterocycles. The van der Waals surface area contributed by atoms with Gasteiger partial charge in [-0.1, -0.05) is 62.7 Å². The standard InChI is InChI=1S/C57H85N15O15S/c1-4-32(2)47(56(86)87)72-53(83)42(23-26-88-3)69-49(79)39(14-10-25-63-57(60)61)66-52(82)41(20-22-46(76)77)68-55(85)44(27-33-11-6-5-7-12-33)71-50(80)38(13-8-9-24-58)65-51(81)40(19-21-45(74)75)67-54(84)43(28-34-15-17-36(73)18-16-34)70-48(78)37(59)29-35-30-62-31-64-35/h5-7,11-12,15-18,30-32,37-44,47,73H,4,8-10,13-14,19-29,58-59H2,1-3H3,(H,62,64)(H,65,81)(H,66,82)(H,67,84)(H,68,85)(H,69,79)(H,70,78)(H,71,80)(H,72,83)(H,74,75)(H,76,77)(H,86,87)(H4,60,61,63)/t32-,37-,38-,39-,40-,41-,42-,43-,44-,47-/m0/s1. The Hall–Kier alpha value is -8.84. The number of thioether (sulfide) groups is 1. The highest BCUT2D eigenvalue weighted by atomic mass is 32.2. The summed E-state index contributed by atoms with van der Waals surface area (Å²) in [6.45, 7) is 3.52. The molecule has 0 aliphatic carbocycles. The largest absolute Gasteiger partial charge is 0.508 e. The van der Waals surface area contributed by atoms with Crippen LogP contribution in [-0.4, -0.2) is 181 Å². The third kappa shape index (κ3) is 27.2. The lowest BCUT2D eigenvalue weighted by atomic mass is 9.98. The first-order valence-electron chi connectivity index (χ1n) is 28.7. The molecule has 8 amide bonds. The number of amides is 8. The number of guanidine groups is 1. The van der Waals surface area contributed by atoms with Gasteiger partial charge in [-0.3, -0.25) is 52.9 Å². The molecule has 2 aromatic carbocycles. The second kappa shape index (κ2) is 39.1. The van der Waals surface area contributed by atoms with E-state index in [1.807, 2.05) is 0 Å². The van der Waals surface area contributed by atoms with Crippen LogP contribution < -0.4 is 65.5 Å². The van der Waals surface area contributed by atoms with Gasteiger partial charge in [0.25, 0.3) is 0 Å². The molecule has 30 nitrogen and oxygen atoms in total. The number of nitrogens with zero attached hydrogens (tertiary/aromatic N) is 2. The average molecular weight is 1250 g/mol. The van der Waals surface area contributed by atoms with Crippen LogP contribution in [-0.2, 0) is 72.0 Å². The van der Waals surface area contributed by atoms with Gasteiger partial charge in [-0.25, -0.2) is 9.78 Å². The lowest BCUT2D eigenvalue weighted by Crippen LogP contribution is -2.61. The van der Waals surface area contributed by atoms with Crippen LogP contribution in [0.4, 0.5) is 0 Å². The van der Waals surface area contributed by atoms with Crippen LogP contribution in [0.1, 0.15) is 101 Å². The summed E-state index contributed by atoms with van der Waals surface area (Å²) in [4.78, 5) is 160. The molecule has 0 bridgehead atoms. The number of carbonyl (C=O) groups excluding carboxylic acids is 8. The van der Waals surface area contributed by atoms with Crippen molar-refractivity contribution >= 4 is 82.9 Å². The van der Waals surface area contributed by atoms with Crippen molar-refractivity contribution in [2.24, 2.45) is 33.8 Å². The first-order chi connectivity index (χ1) is 41.8. The van der Waals surface area contributed by atoms with E-state index in [1.54, 1.807) is 50.4 Å². The Morgan fingerprint density at radius 3 is 1.47 bits per heavy atom. The zero-order valence-corrected chi connectivity index (χ0v) is 50.4. The molecule has 0 fully saturated rings. The first-order valence-corrected chi connectivity index (χ1v) is 30.1. The SMILES string of the molecule is CC[C@H](C)[C@H](NC(=O)[C@H](CCSC)NC(=O)[C@H](CCCN=C(N)N)NC(=O)[C@H](CCC(=O)O)NC(=O)[C@H](Cc1ccccc1)NC(=O)[C@H](CCCCN)NC(=O)[C@H](CCC(=O)O)NC(=O)[C@H](Cc1ccc(O)cc1)NC(=O)[C@@H](N)Cc1cnc[nH]1)C(=O)O. The number of phenols is 1. The summed E-state index contributed by atoms with van der Waals surface area (Å²) < 4.78 is 0. The summed E-state index contributed by atoms with van der Waals surface area (Å²) >= 11 is 1.34. The van der Waals surface area contributed by atoms with Gasteiger partial charge in [0, 0.05) is 50.5 Å². The number of carbonyl (C=O) groups is 11. The van der Waals surface area contributed by atoms with Crippen molar-refractivity contribution in [2.75, 3.05) is 25.1 Å². The minimum atomic E-state index is -1.71. The van der Waals surface area contributed by atoms with Crippen molar-refractivity contribution in [3.63, 3.8) is 0 Å². The van der Waals surface area contributed by atoms with Crippen LogP contribution in [0.5, 0.6) is 5.75 Å². The molecule has 0 aliphatic heterocycles.